The summed E-state index contributed by atoms with van der Waals surface area (Å²) in [6.45, 7) is 5.72. The van der Waals surface area contributed by atoms with Gasteiger partial charge in [-0.2, -0.15) is 0 Å². The van der Waals surface area contributed by atoms with Gasteiger partial charge in [0.15, 0.2) is 0 Å². The molecule has 1 nitrogen and oxygen atoms in total. The molecule has 0 N–H and O–H groups in total. The first-order valence-corrected chi connectivity index (χ1v) is 3.92. The molecule has 60 valence electrons. The second-order valence-electron chi connectivity index (χ2n) is 2.89. The van der Waals surface area contributed by atoms with Crippen LogP contribution >= 0.6 is 0 Å². The molecule has 0 fully saturated rings. The fourth-order valence-electron chi connectivity index (χ4n) is 1.28. The van der Waals surface area contributed by atoms with Gasteiger partial charge in [-0.1, -0.05) is 18.2 Å². The van der Waals surface area contributed by atoms with E-state index in [-0.39, 0.29) is 0 Å². The van der Waals surface area contributed by atoms with Crippen molar-refractivity contribution in [2.75, 3.05) is 0 Å². The molecule has 0 radical (unpaired) electrons. The Kier molecular flexibility index (Phi) is 1.51. The highest BCUT2D eigenvalue weighted by atomic mass is 16.3. The molecular weight excluding hydrogens is 148 g/mol. The van der Waals surface area contributed by atoms with E-state index in [1.807, 2.05) is 18.2 Å². The van der Waals surface area contributed by atoms with Crippen LogP contribution < -0.4 is 0 Å². The van der Waals surface area contributed by atoms with Crippen LogP contribution in [-0.4, -0.2) is 0 Å². The molecule has 1 heterocycles. The summed E-state index contributed by atoms with van der Waals surface area (Å²) < 4.78 is 5.45. The monoisotopic (exact) mass is 158 g/mol. The third-order valence-electron chi connectivity index (χ3n) is 1.89. The summed E-state index contributed by atoms with van der Waals surface area (Å²) in [5, 5.41) is 1.14. The number of rotatable bonds is 1. The first kappa shape index (κ1) is 7.17. The first-order valence-electron chi connectivity index (χ1n) is 3.92. The minimum absolute atomic E-state index is 0.829. The quantitative estimate of drug-likeness (QED) is 0.620. The van der Waals surface area contributed by atoms with Gasteiger partial charge in [0.05, 0.1) is 0 Å². The van der Waals surface area contributed by atoms with Gasteiger partial charge in [-0.15, -0.1) is 0 Å². The number of fused-ring (bicyclic) bond motifs is 1. The maximum Gasteiger partial charge on any atom is 0.134 e. The van der Waals surface area contributed by atoms with Gasteiger partial charge in [0.1, 0.15) is 11.3 Å². The summed E-state index contributed by atoms with van der Waals surface area (Å²) in [5.74, 6) is 0.829. The Bertz CT molecular complexity index is 423. The van der Waals surface area contributed by atoms with Crippen LogP contribution in [0.1, 0.15) is 11.3 Å². The van der Waals surface area contributed by atoms with E-state index in [1.165, 1.54) is 5.56 Å². The molecule has 0 atom stereocenters. The molecule has 0 aliphatic rings. The fourth-order valence-corrected chi connectivity index (χ4v) is 1.28. The van der Waals surface area contributed by atoms with E-state index in [2.05, 4.69) is 19.6 Å². The zero-order valence-electron chi connectivity index (χ0n) is 7.00. The van der Waals surface area contributed by atoms with Gasteiger partial charge in [0, 0.05) is 5.39 Å². The third-order valence-corrected chi connectivity index (χ3v) is 1.89. The molecule has 0 saturated heterocycles. The number of furan rings is 1. The van der Waals surface area contributed by atoms with Crippen molar-refractivity contribution < 1.29 is 4.42 Å². The van der Waals surface area contributed by atoms with Crippen LogP contribution in [0.3, 0.4) is 0 Å². The van der Waals surface area contributed by atoms with E-state index in [9.17, 15) is 0 Å². The van der Waals surface area contributed by atoms with Crippen molar-refractivity contribution in [1.82, 2.24) is 0 Å². The maximum atomic E-state index is 5.45. The molecule has 0 aliphatic heterocycles. The van der Waals surface area contributed by atoms with Gasteiger partial charge < -0.3 is 4.42 Å². The summed E-state index contributed by atoms with van der Waals surface area (Å²) in [6, 6.07) is 8.12. The van der Waals surface area contributed by atoms with Gasteiger partial charge in [0.2, 0.25) is 0 Å². The average Bonchev–Trinajstić information content (AvgIpc) is 2.46. The van der Waals surface area contributed by atoms with Gasteiger partial charge in [-0.3, -0.25) is 0 Å². The summed E-state index contributed by atoms with van der Waals surface area (Å²) >= 11 is 0. The van der Waals surface area contributed by atoms with Crippen LogP contribution in [0, 0.1) is 6.92 Å². The summed E-state index contributed by atoms with van der Waals surface area (Å²) in [7, 11) is 0. The van der Waals surface area contributed by atoms with Crippen LogP contribution in [0.15, 0.2) is 35.3 Å². The minimum atomic E-state index is 0.829. The summed E-state index contributed by atoms with van der Waals surface area (Å²) in [4.78, 5) is 0. The Balaban J connectivity index is 2.75. The normalized spacial score (nSPS) is 10.4. The molecule has 12 heavy (non-hydrogen) atoms. The SMILES string of the molecule is C=Cc1cc2cc(C)ccc2o1. The van der Waals surface area contributed by atoms with Gasteiger partial charge in [-0.25, -0.2) is 0 Å². The van der Waals surface area contributed by atoms with E-state index in [1.54, 1.807) is 6.08 Å². The van der Waals surface area contributed by atoms with Crippen LogP contribution in [0.2, 0.25) is 0 Å². The predicted molar refractivity (Wildman–Crippen MR) is 51.0 cm³/mol. The van der Waals surface area contributed by atoms with Gasteiger partial charge in [0.25, 0.3) is 0 Å². The lowest BCUT2D eigenvalue weighted by Crippen LogP contribution is -1.67. The zero-order valence-corrected chi connectivity index (χ0v) is 7.00. The van der Waals surface area contributed by atoms with Crippen molar-refractivity contribution in [1.29, 1.82) is 0 Å². The maximum absolute atomic E-state index is 5.45. The lowest BCUT2D eigenvalue weighted by atomic mass is 10.2. The zero-order chi connectivity index (χ0) is 8.55. The number of hydrogen-bond acceptors (Lipinski definition) is 1. The van der Waals surface area contributed by atoms with Crippen LogP contribution in [0.25, 0.3) is 17.0 Å². The van der Waals surface area contributed by atoms with E-state index in [0.717, 1.165) is 16.7 Å². The molecule has 2 rings (SSSR count). The Morgan fingerprint density at radius 1 is 1.33 bits per heavy atom. The van der Waals surface area contributed by atoms with Crippen LogP contribution in [0.4, 0.5) is 0 Å². The highest BCUT2D eigenvalue weighted by Crippen LogP contribution is 2.20. The molecule has 0 amide bonds. The van der Waals surface area contributed by atoms with Crippen molar-refractivity contribution in [2.24, 2.45) is 0 Å². The van der Waals surface area contributed by atoms with Crippen molar-refractivity contribution in [3.63, 3.8) is 0 Å². The molecule has 1 heteroatoms. The van der Waals surface area contributed by atoms with Gasteiger partial charge >= 0.3 is 0 Å². The Morgan fingerprint density at radius 3 is 2.92 bits per heavy atom. The standard InChI is InChI=1S/C11H10O/c1-3-10-7-9-6-8(2)4-5-11(9)12-10/h3-7H,1H2,2H3. The molecule has 1 aromatic carbocycles. The number of benzene rings is 1. The summed E-state index contributed by atoms with van der Waals surface area (Å²) in [6.07, 6.45) is 1.72. The third kappa shape index (κ3) is 1.03. The minimum Gasteiger partial charge on any atom is -0.457 e. The number of aryl methyl sites for hydroxylation is 1. The highest BCUT2D eigenvalue weighted by Gasteiger charge is 1.99. The fraction of sp³-hybridized carbons (Fsp3) is 0.0909. The lowest BCUT2D eigenvalue weighted by molar-refractivity contribution is 0.604. The van der Waals surface area contributed by atoms with Gasteiger partial charge in [-0.05, 0) is 31.2 Å². The van der Waals surface area contributed by atoms with E-state index >= 15 is 0 Å². The van der Waals surface area contributed by atoms with Crippen LogP contribution in [0.5, 0.6) is 0 Å². The largest absolute Gasteiger partial charge is 0.457 e. The Labute approximate surface area is 71.3 Å². The van der Waals surface area contributed by atoms with Crippen molar-refractivity contribution in [2.45, 2.75) is 6.92 Å². The van der Waals surface area contributed by atoms with Crippen molar-refractivity contribution in [3.8, 4) is 0 Å². The Morgan fingerprint density at radius 2 is 2.17 bits per heavy atom. The average molecular weight is 158 g/mol. The van der Waals surface area contributed by atoms with E-state index in [0.29, 0.717) is 0 Å². The van der Waals surface area contributed by atoms with Crippen LogP contribution in [-0.2, 0) is 0 Å². The molecule has 0 unspecified atom stereocenters. The molecule has 0 spiro atoms. The first-order chi connectivity index (χ1) is 5.79. The van der Waals surface area contributed by atoms with E-state index in [4.69, 9.17) is 4.42 Å². The molecule has 0 saturated carbocycles. The molecule has 0 aliphatic carbocycles. The highest BCUT2D eigenvalue weighted by molar-refractivity contribution is 5.80. The van der Waals surface area contributed by atoms with E-state index < -0.39 is 0 Å². The lowest BCUT2D eigenvalue weighted by Gasteiger charge is -1.89. The number of hydrogen-bond donors (Lipinski definition) is 0. The predicted octanol–water partition coefficient (Wildman–Crippen LogP) is 3.38. The Hall–Kier alpha value is -1.50. The topological polar surface area (TPSA) is 13.1 Å². The second-order valence-corrected chi connectivity index (χ2v) is 2.89. The molecule has 1 aromatic heterocycles. The summed E-state index contributed by atoms with van der Waals surface area (Å²) in [5.41, 5.74) is 2.18. The second kappa shape index (κ2) is 2.52. The molecule has 2 aromatic rings. The van der Waals surface area contributed by atoms with Crippen molar-refractivity contribution >= 4 is 17.0 Å². The molecule has 0 bridgehead atoms. The van der Waals surface area contributed by atoms with Crippen molar-refractivity contribution in [3.05, 3.63) is 42.2 Å². The molecular formula is C11H10O. The smallest absolute Gasteiger partial charge is 0.134 e.